The molecule has 0 bridgehead atoms. The van der Waals surface area contributed by atoms with E-state index >= 15 is 0 Å². The fourth-order valence-corrected chi connectivity index (χ4v) is 3.53. The Kier molecular flexibility index (Phi) is 5.93. The Morgan fingerprint density at radius 2 is 1.93 bits per heavy atom. The van der Waals surface area contributed by atoms with Gasteiger partial charge in [0.15, 0.2) is 6.10 Å². The third-order valence-corrected chi connectivity index (χ3v) is 4.77. The third kappa shape index (κ3) is 4.14. The molecule has 1 aliphatic rings. The van der Waals surface area contributed by atoms with Crippen LogP contribution in [0.2, 0.25) is 0 Å². The van der Waals surface area contributed by atoms with Crippen LogP contribution < -0.4 is 4.74 Å². The number of benzene rings is 1. The molecule has 0 spiro atoms. The summed E-state index contributed by atoms with van der Waals surface area (Å²) in [5, 5.41) is 0.785. The summed E-state index contributed by atoms with van der Waals surface area (Å²) in [5.74, 6) is -0.0745. The van der Waals surface area contributed by atoms with Gasteiger partial charge in [0.2, 0.25) is 5.76 Å². The highest BCUT2D eigenvalue weighted by Gasteiger charge is 2.31. The van der Waals surface area contributed by atoms with E-state index in [4.69, 9.17) is 18.6 Å². The largest absolute Gasteiger partial charge is 0.494 e. The SMILES string of the molecule is CCOc1ccc2oc(C(=O)OC(C)C(=O)N3CC(C)OC(C)C3)c(C)c2c1. The molecule has 1 saturated heterocycles. The van der Waals surface area contributed by atoms with Gasteiger partial charge in [0.1, 0.15) is 11.3 Å². The van der Waals surface area contributed by atoms with Crippen LogP contribution in [0.5, 0.6) is 5.75 Å². The number of aryl methyl sites for hydroxylation is 1. The van der Waals surface area contributed by atoms with E-state index in [1.54, 1.807) is 30.9 Å². The second-order valence-corrected chi connectivity index (χ2v) is 7.20. The van der Waals surface area contributed by atoms with Crippen LogP contribution in [0.4, 0.5) is 0 Å². The molecule has 152 valence electrons. The standard InChI is InChI=1S/C21H27NO6/c1-6-25-16-7-8-18-17(9-16)14(4)19(28-18)21(24)27-15(5)20(23)22-10-12(2)26-13(3)11-22/h7-9,12-13,15H,6,10-11H2,1-5H3. The number of furan rings is 1. The van der Waals surface area contributed by atoms with Crippen LogP contribution in [-0.2, 0) is 14.3 Å². The van der Waals surface area contributed by atoms with Gasteiger partial charge in [0.25, 0.3) is 5.91 Å². The Balaban J connectivity index is 1.73. The number of ether oxygens (including phenoxy) is 3. The lowest BCUT2D eigenvalue weighted by Gasteiger charge is -2.36. The second kappa shape index (κ2) is 8.22. The zero-order valence-corrected chi connectivity index (χ0v) is 17.0. The van der Waals surface area contributed by atoms with Gasteiger partial charge in [0.05, 0.1) is 18.8 Å². The van der Waals surface area contributed by atoms with Crippen molar-refractivity contribution in [2.45, 2.75) is 52.9 Å². The molecule has 1 aromatic heterocycles. The Hall–Kier alpha value is -2.54. The first kappa shape index (κ1) is 20.2. The van der Waals surface area contributed by atoms with Crippen molar-refractivity contribution < 1.29 is 28.2 Å². The minimum absolute atomic E-state index is 0.0484. The molecule has 2 aromatic rings. The molecule has 3 unspecified atom stereocenters. The molecule has 0 N–H and O–H groups in total. The van der Waals surface area contributed by atoms with E-state index in [-0.39, 0.29) is 23.9 Å². The van der Waals surface area contributed by atoms with E-state index in [0.29, 0.717) is 36.6 Å². The molecule has 0 saturated carbocycles. The lowest BCUT2D eigenvalue weighted by atomic mass is 10.1. The molecule has 1 fully saturated rings. The fourth-order valence-electron chi connectivity index (χ4n) is 3.53. The number of fused-ring (bicyclic) bond motifs is 1. The highest BCUT2D eigenvalue weighted by molar-refractivity contribution is 5.97. The molecular weight excluding hydrogens is 362 g/mol. The zero-order chi connectivity index (χ0) is 20.4. The van der Waals surface area contributed by atoms with Gasteiger partial charge in [-0.3, -0.25) is 4.79 Å². The minimum Gasteiger partial charge on any atom is -0.494 e. The first-order chi connectivity index (χ1) is 13.3. The number of hydrogen-bond acceptors (Lipinski definition) is 6. The van der Waals surface area contributed by atoms with Gasteiger partial charge >= 0.3 is 5.97 Å². The summed E-state index contributed by atoms with van der Waals surface area (Å²) in [4.78, 5) is 27.0. The van der Waals surface area contributed by atoms with Crippen molar-refractivity contribution in [1.82, 2.24) is 4.90 Å². The predicted octanol–water partition coefficient (Wildman–Crippen LogP) is 3.32. The quantitative estimate of drug-likeness (QED) is 0.730. The number of hydrogen-bond donors (Lipinski definition) is 0. The highest BCUT2D eigenvalue weighted by atomic mass is 16.6. The summed E-state index contributed by atoms with van der Waals surface area (Å²) < 4.78 is 22.2. The molecule has 7 nitrogen and oxygen atoms in total. The van der Waals surface area contributed by atoms with E-state index < -0.39 is 12.1 Å². The van der Waals surface area contributed by atoms with Crippen molar-refractivity contribution in [3.63, 3.8) is 0 Å². The van der Waals surface area contributed by atoms with E-state index in [2.05, 4.69) is 0 Å². The van der Waals surface area contributed by atoms with Crippen molar-refractivity contribution in [2.24, 2.45) is 0 Å². The van der Waals surface area contributed by atoms with Crippen LogP contribution >= 0.6 is 0 Å². The van der Waals surface area contributed by atoms with Gasteiger partial charge in [-0.1, -0.05) is 0 Å². The van der Waals surface area contributed by atoms with Crippen LogP contribution in [0.1, 0.15) is 43.8 Å². The fraction of sp³-hybridized carbons (Fsp3) is 0.524. The van der Waals surface area contributed by atoms with Crippen LogP contribution in [0, 0.1) is 6.92 Å². The molecule has 0 aliphatic carbocycles. The Morgan fingerprint density at radius 1 is 1.25 bits per heavy atom. The van der Waals surface area contributed by atoms with Crippen molar-refractivity contribution in [3.05, 3.63) is 29.5 Å². The topological polar surface area (TPSA) is 78.2 Å². The summed E-state index contributed by atoms with van der Waals surface area (Å²) in [6.07, 6.45) is -1.00. The van der Waals surface area contributed by atoms with Gasteiger partial charge < -0.3 is 23.5 Å². The average molecular weight is 389 g/mol. The molecule has 1 aromatic carbocycles. The smallest absolute Gasteiger partial charge is 0.375 e. The van der Waals surface area contributed by atoms with Gasteiger partial charge in [-0.05, 0) is 52.8 Å². The van der Waals surface area contributed by atoms with Crippen molar-refractivity contribution in [3.8, 4) is 5.75 Å². The van der Waals surface area contributed by atoms with Crippen LogP contribution in [0.25, 0.3) is 11.0 Å². The maximum Gasteiger partial charge on any atom is 0.375 e. The molecular formula is C21H27NO6. The van der Waals surface area contributed by atoms with Crippen LogP contribution in [0.3, 0.4) is 0 Å². The first-order valence-corrected chi connectivity index (χ1v) is 9.61. The molecule has 28 heavy (non-hydrogen) atoms. The number of carbonyl (C=O) groups excluding carboxylic acids is 2. The van der Waals surface area contributed by atoms with E-state index in [1.807, 2.05) is 26.8 Å². The maximum absolute atomic E-state index is 12.7. The Morgan fingerprint density at radius 3 is 2.57 bits per heavy atom. The normalized spacial score (nSPS) is 20.8. The van der Waals surface area contributed by atoms with Crippen LogP contribution in [0.15, 0.2) is 22.6 Å². The highest BCUT2D eigenvalue weighted by Crippen LogP contribution is 2.29. The predicted molar refractivity (Wildman–Crippen MR) is 104 cm³/mol. The molecule has 1 amide bonds. The van der Waals surface area contributed by atoms with Crippen molar-refractivity contribution >= 4 is 22.8 Å². The molecule has 3 rings (SSSR count). The molecule has 1 aliphatic heterocycles. The summed E-state index contributed by atoms with van der Waals surface area (Å²) in [6, 6.07) is 5.38. The Bertz CT molecular complexity index is 863. The van der Waals surface area contributed by atoms with E-state index in [9.17, 15) is 9.59 Å². The summed E-state index contributed by atoms with van der Waals surface area (Å²) in [6.45, 7) is 10.6. The number of morpholine rings is 1. The summed E-state index contributed by atoms with van der Waals surface area (Å²) >= 11 is 0. The monoisotopic (exact) mass is 389 g/mol. The zero-order valence-electron chi connectivity index (χ0n) is 17.0. The third-order valence-electron chi connectivity index (χ3n) is 4.77. The van der Waals surface area contributed by atoms with Crippen molar-refractivity contribution in [2.75, 3.05) is 19.7 Å². The van der Waals surface area contributed by atoms with Gasteiger partial charge in [0, 0.05) is 24.0 Å². The van der Waals surface area contributed by atoms with E-state index in [1.165, 1.54) is 0 Å². The first-order valence-electron chi connectivity index (χ1n) is 9.61. The molecule has 7 heteroatoms. The molecule has 2 heterocycles. The molecule has 3 atom stereocenters. The Labute approximate surface area is 164 Å². The summed E-state index contributed by atoms with van der Waals surface area (Å²) in [5.41, 5.74) is 1.23. The lowest BCUT2D eigenvalue weighted by molar-refractivity contribution is -0.151. The number of rotatable bonds is 5. The number of esters is 1. The lowest BCUT2D eigenvalue weighted by Crippen LogP contribution is -2.51. The van der Waals surface area contributed by atoms with Crippen molar-refractivity contribution in [1.29, 1.82) is 0 Å². The second-order valence-electron chi connectivity index (χ2n) is 7.20. The van der Waals surface area contributed by atoms with E-state index in [0.717, 1.165) is 5.39 Å². The van der Waals surface area contributed by atoms with Crippen LogP contribution in [-0.4, -0.2) is 54.8 Å². The molecule has 0 radical (unpaired) electrons. The number of amides is 1. The number of carbonyl (C=O) groups is 2. The summed E-state index contributed by atoms with van der Waals surface area (Å²) in [7, 11) is 0. The average Bonchev–Trinajstić information content (AvgIpc) is 2.97. The van der Waals surface area contributed by atoms with Gasteiger partial charge in [-0.15, -0.1) is 0 Å². The van der Waals surface area contributed by atoms with Gasteiger partial charge in [-0.2, -0.15) is 0 Å². The minimum atomic E-state index is -0.906. The van der Waals surface area contributed by atoms with Gasteiger partial charge in [-0.25, -0.2) is 4.79 Å². The maximum atomic E-state index is 12.7. The number of nitrogens with zero attached hydrogens (tertiary/aromatic N) is 1.